The molecule has 1 aromatic rings. The van der Waals surface area contributed by atoms with Gasteiger partial charge in [0.05, 0.1) is 5.56 Å². The van der Waals surface area contributed by atoms with Crippen molar-refractivity contribution >= 4 is 5.97 Å². The molecule has 0 spiro atoms. The highest BCUT2D eigenvalue weighted by molar-refractivity contribution is 5.78. The Hall–Kier alpha value is -2.55. The van der Waals surface area contributed by atoms with Crippen LogP contribution in [-0.4, -0.2) is 23.3 Å². The molecule has 0 amide bonds. The first kappa shape index (κ1) is 11.0. The van der Waals surface area contributed by atoms with Crippen molar-refractivity contribution in [2.24, 2.45) is 10.3 Å². The molecular formula is C11H9N3O3. The van der Waals surface area contributed by atoms with E-state index in [1.807, 2.05) is 0 Å². The largest absolute Gasteiger partial charge is 0.477 e. The van der Waals surface area contributed by atoms with Gasteiger partial charge < -0.3 is 9.84 Å². The van der Waals surface area contributed by atoms with E-state index in [9.17, 15) is 4.79 Å². The van der Waals surface area contributed by atoms with Gasteiger partial charge in [0.15, 0.2) is 0 Å². The molecule has 1 atom stereocenters. The highest BCUT2D eigenvalue weighted by Crippen LogP contribution is 2.25. The van der Waals surface area contributed by atoms with Crippen LogP contribution in [0.1, 0.15) is 5.56 Å². The number of terminal acetylenes is 1. The number of hydrogen-bond donors (Lipinski definition) is 2. The second kappa shape index (κ2) is 4.14. The number of benzene rings is 1. The standard InChI is InChI=1S/C11H9N3O3/c1-2-8-5-3-4-6-9(8)17-11(10(15)16)7-12-14-13-11/h1,3-6H,7H2,(H,12,13)(H,15,16). The Labute approximate surface area is 97.3 Å². The lowest BCUT2D eigenvalue weighted by molar-refractivity contribution is -0.153. The number of nitrogens with zero attached hydrogens (tertiary/aromatic N) is 2. The summed E-state index contributed by atoms with van der Waals surface area (Å²) in [7, 11) is 0. The van der Waals surface area contributed by atoms with Crippen LogP contribution >= 0.6 is 0 Å². The number of hydrogen-bond acceptors (Lipinski definition) is 5. The summed E-state index contributed by atoms with van der Waals surface area (Å²) < 4.78 is 5.38. The first-order valence-corrected chi connectivity index (χ1v) is 4.81. The van der Waals surface area contributed by atoms with Gasteiger partial charge in [0.2, 0.25) is 0 Å². The molecule has 2 N–H and O–H groups in total. The van der Waals surface area contributed by atoms with Crippen molar-refractivity contribution in [2.75, 3.05) is 6.54 Å². The molecule has 0 aliphatic carbocycles. The molecule has 0 aromatic heterocycles. The zero-order chi connectivity index (χ0) is 12.3. The van der Waals surface area contributed by atoms with E-state index in [2.05, 4.69) is 21.7 Å². The summed E-state index contributed by atoms with van der Waals surface area (Å²) in [5, 5.41) is 16.1. The highest BCUT2D eigenvalue weighted by Gasteiger charge is 2.45. The minimum atomic E-state index is -1.74. The average Bonchev–Trinajstić information content (AvgIpc) is 2.80. The molecule has 0 saturated carbocycles. The van der Waals surface area contributed by atoms with E-state index < -0.39 is 11.7 Å². The van der Waals surface area contributed by atoms with Crippen LogP contribution in [0, 0.1) is 12.3 Å². The van der Waals surface area contributed by atoms with Crippen molar-refractivity contribution in [3.63, 3.8) is 0 Å². The van der Waals surface area contributed by atoms with Crippen molar-refractivity contribution in [3.05, 3.63) is 29.8 Å². The quantitative estimate of drug-likeness (QED) is 0.753. The van der Waals surface area contributed by atoms with Crippen molar-refractivity contribution < 1.29 is 14.6 Å². The van der Waals surface area contributed by atoms with Gasteiger partial charge >= 0.3 is 11.7 Å². The molecule has 1 aliphatic heterocycles. The molecule has 1 unspecified atom stereocenters. The summed E-state index contributed by atoms with van der Waals surface area (Å²) in [6.45, 7) is -0.0404. The van der Waals surface area contributed by atoms with Gasteiger partial charge in [-0.05, 0) is 12.1 Å². The molecule has 17 heavy (non-hydrogen) atoms. The van der Waals surface area contributed by atoms with Crippen LogP contribution in [0.2, 0.25) is 0 Å². The summed E-state index contributed by atoms with van der Waals surface area (Å²) in [6.07, 6.45) is 5.30. The third-order valence-corrected chi connectivity index (χ3v) is 2.26. The average molecular weight is 231 g/mol. The minimum Gasteiger partial charge on any atom is -0.477 e. The first-order valence-electron chi connectivity index (χ1n) is 4.81. The van der Waals surface area contributed by atoms with Gasteiger partial charge in [0.25, 0.3) is 0 Å². The third-order valence-electron chi connectivity index (χ3n) is 2.26. The smallest absolute Gasteiger partial charge is 0.375 e. The number of para-hydroxylation sites is 1. The Balaban J connectivity index is 2.34. The fourth-order valence-electron chi connectivity index (χ4n) is 1.37. The van der Waals surface area contributed by atoms with Crippen molar-refractivity contribution in [2.45, 2.75) is 5.72 Å². The Morgan fingerprint density at radius 3 is 2.94 bits per heavy atom. The molecule has 6 heteroatoms. The van der Waals surface area contributed by atoms with Crippen LogP contribution < -0.4 is 10.2 Å². The normalized spacial score (nSPS) is 21.6. The predicted molar refractivity (Wildman–Crippen MR) is 58.2 cm³/mol. The van der Waals surface area contributed by atoms with E-state index in [0.29, 0.717) is 11.3 Å². The summed E-state index contributed by atoms with van der Waals surface area (Å²) in [5.74, 6) is 1.48. The SMILES string of the molecule is C#Cc1ccccc1OC1(C(=O)O)CNN=N1. The first-order chi connectivity index (χ1) is 8.18. The maximum absolute atomic E-state index is 11.2. The van der Waals surface area contributed by atoms with E-state index >= 15 is 0 Å². The lowest BCUT2D eigenvalue weighted by atomic mass is 10.2. The van der Waals surface area contributed by atoms with Gasteiger partial charge in [-0.15, -0.1) is 11.5 Å². The second-order valence-electron chi connectivity index (χ2n) is 3.37. The lowest BCUT2D eigenvalue weighted by Gasteiger charge is -2.20. The number of nitrogens with one attached hydrogen (secondary N) is 1. The zero-order valence-corrected chi connectivity index (χ0v) is 8.75. The number of carboxylic acid groups (broad SMARTS) is 1. The Kier molecular flexibility index (Phi) is 2.66. The van der Waals surface area contributed by atoms with Crippen LogP contribution in [0.3, 0.4) is 0 Å². The summed E-state index contributed by atoms with van der Waals surface area (Å²) in [6, 6.07) is 6.69. The van der Waals surface area contributed by atoms with Gasteiger partial charge in [-0.25, -0.2) is 4.79 Å². The molecule has 86 valence electrons. The van der Waals surface area contributed by atoms with E-state index in [1.165, 1.54) is 0 Å². The molecule has 6 nitrogen and oxygen atoms in total. The molecular weight excluding hydrogens is 222 g/mol. The van der Waals surface area contributed by atoms with Gasteiger partial charge in [-0.3, -0.25) is 5.43 Å². The number of ether oxygens (including phenoxy) is 1. The Morgan fingerprint density at radius 1 is 1.59 bits per heavy atom. The van der Waals surface area contributed by atoms with Crippen molar-refractivity contribution in [1.29, 1.82) is 0 Å². The van der Waals surface area contributed by atoms with Crippen molar-refractivity contribution in [3.8, 4) is 18.1 Å². The molecule has 0 radical (unpaired) electrons. The van der Waals surface area contributed by atoms with Gasteiger partial charge in [-0.1, -0.05) is 23.3 Å². The number of carboxylic acids is 1. The van der Waals surface area contributed by atoms with E-state index in [4.69, 9.17) is 16.3 Å². The van der Waals surface area contributed by atoms with Crippen LogP contribution in [0.15, 0.2) is 34.6 Å². The molecule has 2 rings (SSSR count). The Bertz CT molecular complexity index is 521. The predicted octanol–water partition coefficient (Wildman–Crippen LogP) is 0.798. The molecule has 0 bridgehead atoms. The molecule has 1 heterocycles. The second-order valence-corrected chi connectivity index (χ2v) is 3.37. The molecule has 1 aromatic carbocycles. The monoisotopic (exact) mass is 231 g/mol. The summed E-state index contributed by atoms with van der Waals surface area (Å²) in [4.78, 5) is 11.2. The van der Waals surface area contributed by atoms with Crippen molar-refractivity contribution in [1.82, 2.24) is 5.43 Å². The lowest BCUT2D eigenvalue weighted by Crippen LogP contribution is -2.46. The number of rotatable bonds is 3. The summed E-state index contributed by atoms with van der Waals surface area (Å²) in [5.41, 5.74) is 1.18. The van der Waals surface area contributed by atoms with Crippen LogP contribution in [0.25, 0.3) is 0 Å². The summed E-state index contributed by atoms with van der Waals surface area (Å²) >= 11 is 0. The molecule has 1 aliphatic rings. The minimum absolute atomic E-state index is 0.0404. The van der Waals surface area contributed by atoms with E-state index in [-0.39, 0.29) is 6.54 Å². The maximum atomic E-state index is 11.2. The van der Waals surface area contributed by atoms with Crippen LogP contribution in [0.4, 0.5) is 0 Å². The van der Waals surface area contributed by atoms with Gasteiger partial charge in [-0.2, -0.15) is 0 Å². The fourth-order valence-corrected chi connectivity index (χ4v) is 1.37. The van der Waals surface area contributed by atoms with Crippen LogP contribution in [-0.2, 0) is 4.79 Å². The number of carbonyl (C=O) groups is 1. The van der Waals surface area contributed by atoms with Crippen LogP contribution in [0.5, 0.6) is 5.75 Å². The van der Waals surface area contributed by atoms with E-state index in [0.717, 1.165) is 0 Å². The Morgan fingerprint density at radius 2 is 2.35 bits per heavy atom. The third kappa shape index (κ3) is 1.90. The fraction of sp³-hybridized carbons (Fsp3) is 0.182. The molecule has 0 saturated heterocycles. The molecule has 0 fully saturated rings. The maximum Gasteiger partial charge on any atom is 0.375 e. The zero-order valence-electron chi connectivity index (χ0n) is 8.75. The van der Waals surface area contributed by atoms with Gasteiger partial charge in [0.1, 0.15) is 12.3 Å². The van der Waals surface area contributed by atoms with E-state index in [1.54, 1.807) is 24.3 Å². The highest BCUT2D eigenvalue weighted by atomic mass is 16.5. The van der Waals surface area contributed by atoms with Gasteiger partial charge in [0, 0.05) is 0 Å². The topological polar surface area (TPSA) is 83.3 Å². The number of aliphatic carboxylic acids is 1.